The van der Waals surface area contributed by atoms with Crippen molar-refractivity contribution in [3.05, 3.63) is 41.0 Å². The van der Waals surface area contributed by atoms with E-state index < -0.39 is 11.6 Å². The van der Waals surface area contributed by atoms with Gasteiger partial charge < -0.3 is 5.11 Å². The maximum atomic E-state index is 13.8. The summed E-state index contributed by atoms with van der Waals surface area (Å²) in [5.41, 5.74) is 0.673. The first kappa shape index (κ1) is 16.0. The SMILES string of the molecule is C#Cc1c(F)cc(F)c2cc(O)cc(C(C)C)c12.CC. The molecule has 0 aromatic heterocycles. The molecule has 0 amide bonds. The third-order valence-electron chi connectivity index (χ3n) is 2.92. The lowest BCUT2D eigenvalue weighted by Crippen LogP contribution is -1.97. The molecule has 0 atom stereocenters. The lowest BCUT2D eigenvalue weighted by Gasteiger charge is -2.14. The number of rotatable bonds is 1. The van der Waals surface area contributed by atoms with Gasteiger partial charge in [-0.15, -0.1) is 6.42 Å². The molecule has 0 unspecified atom stereocenters. The van der Waals surface area contributed by atoms with Crippen molar-refractivity contribution >= 4 is 10.8 Å². The summed E-state index contributed by atoms with van der Waals surface area (Å²) in [6, 6.07) is 3.50. The van der Waals surface area contributed by atoms with Gasteiger partial charge in [0.2, 0.25) is 0 Å². The van der Waals surface area contributed by atoms with Crippen LogP contribution in [0.2, 0.25) is 0 Å². The first-order valence-electron chi connectivity index (χ1n) is 6.57. The van der Waals surface area contributed by atoms with E-state index in [9.17, 15) is 13.9 Å². The van der Waals surface area contributed by atoms with E-state index in [1.807, 2.05) is 27.7 Å². The van der Waals surface area contributed by atoms with E-state index in [0.717, 1.165) is 6.07 Å². The molecule has 2 rings (SSSR count). The average molecular weight is 276 g/mol. The average Bonchev–Trinajstić information content (AvgIpc) is 2.41. The Balaban J connectivity index is 0.000000956. The molecule has 0 aliphatic carbocycles. The maximum Gasteiger partial charge on any atom is 0.142 e. The maximum absolute atomic E-state index is 13.8. The van der Waals surface area contributed by atoms with Crippen LogP contribution in [-0.2, 0) is 0 Å². The van der Waals surface area contributed by atoms with E-state index in [1.165, 1.54) is 12.1 Å². The van der Waals surface area contributed by atoms with Gasteiger partial charge in [-0.2, -0.15) is 0 Å². The van der Waals surface area contributed by atoms with Crippen LogP contribution in [0.1, 0.15) is 44.7 Å². The van der Waals surface area contributed by atoms with Crippen molar-refractivity contribution in [3.63, 3.8) is 0 Å². The largest absolute Gasteiger partial charge is 0.508 e. The molecule has 0 aliphatic heterocycles. The highest BCUT2D eigenvalue weighted by molar-refractivity contribution is 5.93. The Bertz CT molecular complexity index is 667. The summed E-state index contributed by atoms with van der Waals surface area (Å²) in [6.45, 7) is 7.74. The van der Waals surface area contributed by atoms with Gasteiger partial charge in [-0.3, -0.25) is 0 Å². The highest BCUT2D eigenvalue weighted by atomic mass is 19.1. The molecular formula is C17H18F2O. The second-order valence-corrected chi connectivity index (χ2v) is 4.47. The molecule has 0 bridgehead atoms. The predicted octanol–water partition coefficient (Wildman–Crippen LogP) is 4.95. The lowest BCUT2D eigenvalue weighted by atomic mass is 9.92. The highest BCUT2D eigenvalue weighted by Crippen LogP contribution is 2.34. The van der Waals surface area contributed by atoms with Crippen molar-refractivity contribution in [3.8, 4) is 18.1 Å². The molecule has 0 fully saturated rings. The summed E-state index contributed by atoms with van der Waals surface area (Å²) >= 11 is 0. The van der Waals surface area contributed by atoms with Crippen LogP contribution >= 0.6 is 0 Å². The molecule has 0 saturated carbocycles. The van der Waals surface area contributed by atoms with Crippen LogP contribution in [0.5, 0.6) is 5.75 Å². The molecule has 0 saturated heterocycles. The smallest absolute Gasteiger partial charge is 0.142 e. The third-order valence-corrected chi connectivity index (χ3v) is 2.92. The van der Waals surface area contributed by atoms with Crippen molar-refractivity contribution in [2.45, 2.75) is 33.6 Å². The van der Waals surface area contributed by atoms with E-state index in [2.05, 4.69) is 5.92 Å². The summed E-state index contributed by atoms with van der Waals surface area (Å²) in [5.74, 6) is 0.717. The molecule has 0 heterocycles. The minimum absolute atomic E-state index is 0.00657. The van der Waals surface area contributed by atoms with Crippen molar-refractivity contribution in [2.75, 3.05) is 0 Å². The summed E-state index contributed by atoms with van der Waals surface area (Å²) in [5, 5.41) is 10.1. The number of fused-ring (bicyclic) bond motifs is 1. The lowest BCUT2D eigenvalue weighted by molar-refractivity contribution is 0.474. The number of terminal acetylenes is 1. The molecule has 2 aromatic carbocycles. The number of phenolic OH excluding ortho intramolecular Hbond substituents is 1. The quantitative estimate of drug-likeness (QED) is 0.730. The van der Waals surface area contributed by atoms with Crippen LogP contribution in [0.25, 0.3) is 10.8 Å². The second-order valence-electron chi connectivity index (χ2n) is 4.47. The molecular weight excluding hydrogens is 258 g/mol. The zero-order chi connectivity index (χ0) is 15.4. The summed E-state index contributed by atoms with van der Waals surface area (Å²) in [6.07, 6.45) is 5.30. The predicted molar refractivity (Wildman–Crippen MR) is 78.9 cm³/mol. The summed E-state index contributed by atoms with van der Waals surface area (Å²) < 4.78 is 27.4. The van der Waals surface area contributed by atoms with Crippen molar-refractivity contribution in [2.24, 2.45) is 0 Å². The molecule has 1 N–H and O–H groups in total. The Hall–Kier alpha value is -2.08. The number of hydrogen-bond donors (Lipinski definition) is 1. The fraction of sp³-hybridized carbons (Fsp3) is 0.294. The first-order valence-corrected chi connectivity index (χ1v) is 6.57. The molecule has 1 nitrogen and oxygen atoms in total. The topological polar surface area (TPSA) is 20.2 Å². The zero-order valence-electron chi connectivity index (χ0n) is 12.1. The van der Waals surface area contributed by atoms with Crippen LogP contribution in [-0.4, -0.2) is 5.11 Å². The van der Waals surface area contributed by atoms with Gasteiger partial charge in [-0.1, -0.05) is 33.6 Å². The zero-order valence-corrected chi connectivity index (χ0v) is 12.1. The second kappa shape index (κ2) is 6.38. The molecule has 106 valence electrons. The van der Waals surface area contributed by atoms with Crippen molar-refractivity contribution in [1.29, 1.82) is 0 Å². The fourth-order valence-electron chi connectivity index (χ4n) is 2.09. The Morgan fingerprint density at radius 3 is 2.20 bits per heavy atom. The fourth-order valence-corrected chi connectivity index (χ4v) is 2.09. The van der Waals surface area contributed by atoms with E-state index in [0.29, 0.717) is 10.9 Å². The normalized spacial score (nSPS) is 10.1. The molecule has 3 heteroatoms. The number of phenols is 1. The summed E-state index contributed by atoms with van der Waals surface area (Å²) in [4.78, 5) is 0. The first-order chi connectivity index (χ1) is 9.45. The van der Waals surface area contributed by atoms with Gasteiger partial charge in [0.15, 0.2) is 0 Å². The molecule has 2 aromatic rings. The van der Waals surface area contributed by atoms with E-state index in [1.54, 1.807) is 0 Å². The van der Waals surface area contributed by atoms with Crippen LogP contribution < -0.4 is 0 Å². The van der Waals surface area contributed by atoms with Gasteiger partial charge >= 0.3 is 0 Å². The van der Waals surface area contributed by atoms with Crippen LogP contribution in [0.15, 0.2) is 18.2 Å². The van der Waals surface area contributed by atoms with E-state index in [-0.39, 0.29) is 22.6 Å². The number of aromatic hydroxyl groups is 1. The van der Waals surface area contributed by atoms with Gasteiger partial charge in [0, 0.05) is 16.8 Å². The number of hydrogen-bond acceptors (Lipinski definition) is 1. The minimum atomic E-state index is -0.755. The molecule has 0 aliphatic rings. The molecule has 0 radical (unpaired) electrons. The monoisotopic (exact) mass is 276 g/mol. The number of halogens is 2. The van der Waals surface area contributed by atoms with Crippen molar-refractivity contribution < 1.29 is 13.9 Å². The molecule has 20 heavy (non-hydrogen) atoms. The van der Waals surface area contributed by atoms with Crippen LogP contribution in [0.4, 0.5) is 8.78 Å². The Labute approximate surface area is 118 Å². The minimum Gasteiger partial charge on any atom is -0.508 e. The van der Waals surface area contributed by atoms with E-state index in [4.69, 9.17) is 6.42 Å². The van der Waals surface area contributed by atoms with Crippen LogP contribution in [0.3, 0.4) is 0 Å². The Morgan fingerprint density at radius 1 is 1.10 bits per heavy atom. The molecule has 0 spiro atoms. The van der Waals surface area contributed by atoms with Crippen LogP contribution in [0, 0.1) is 24.0 Å². The van der Waals surface area contributed by atoms with Gasteiger partial charge in [0.05, 0.1) is 5.56 Å². The Morgan fingerprint density at radius 2 is 1.70 bits per heavy atom. The van der Waals surface area contributed by atoms with Gasteiger partial charge in [0.25, 0.3) is 0 Å². The van der Waals surface area contributed by atoms with Gasteiger partial charge in [0.1, 0.15) is 17.4 Å². The van der Waals surface area contributed by atoms with Crippen molar-refractivity contribution in [1.82, 2.24) is 0 Å². The summed E-state index contributed by atoms with van der Waals surface area (Å²) in [7, 11) is 0. The van der Waals surface area contributed by atoms with E-state index >= 15 is 0 Å². The number of benzene rings is 2. The Kier molecular flexibility index (Phi) is 5.10. The third kappa shape index (κ3) is 2.75. The van der Waals surface area contributed by atoms with Gasteiger partial charge in [-0.25, -0.2) is 8.78 Å². The van der Waals surface area contributed by atoms with Gasteiger partial charge in [-0.05, 0) is 23.6 Å². The standard InChI is InChI=1S/C15H12F2O.C2H6/c1-4-10-13(16)7-14(17)12-6-9(18)5-11(8(2)3)15(10)12;1-2/h1,5-8,18H,2-3H3;1-2H3. The highest BCUT2D eigenvalue weighted by Gasteiger charge is 2.17.